The van der Waals surface area contributed by atoms with Gasteiger partial charge < -0.3 is 14.1 Å². The van der Waals surface area contributed by atoms with Crippen LogP contribution in [0.2, 0.25) is 0 Å². The lowest BCUT2D eigenvalue weighted by molar-refractivity contribution is 0.270. The van der Waals surface area contributed by atoms with E-state index in [2.05, 4.69) is 30.8 Å². The average molecular weight is 603 g/mol. The molecule has 8 rings (SSSR count). The van der Waals surface area contributed by atoms with Crippen molar-refractivity contribution in [3.63, 3.8) is 0 Å². The van der Waals surface area contributed by atoms with Crippen molar-refractivity contribution in [2.75, 3.05) is 31.1 Å². The lowest BCUT2D eigenvalue weighted by atomic mass is 9.86. The summed E-state index contributed by atoms with van der Waals surface area (Å²) in [5, 5.41) is 9.48. The van der Waals surface area contributed by atoms with Crippen molar-refractivity contribution in [2.24, 2.45) is 5.41 Å². The average Bonchev–Trinajstić information content (AvgIpc) is 3.55. The van der Waals surface area contributed by atoms with Gasteiger partial charge in [-0.3, -0.25) is 9.88 Å². The summed E-state index contributed by atoms with van der Waals surface area (Å²) >= 11 is 0. The van der Waals surface area contributed by atoms with Crippen molar-refractivity contribution in [1.29, 1.82) is 5.26 Å². The van der Waals surface area contributed by atoms with Crippen LogP contribution in [0.4, 0.5) is 10.2 Å². The highest BCUT2D eigenvalue weighted by Crippen LogP contribution is 2.48. The number of aromatic amines is 1. The first-order valence-corrected chi connectivity index (χ1v) is 15.4. The van der Waals surface area contributed by atoms with Gasteiger partial charge in [-0.2, -0.15) is 5.26 Å². The molecule has 1 spiro atoms. The van der Waals surface area contributed by atoms with E-state index in [1.54, 1.807) is 24.7 Å². The van der Waals surface area contributed by atoms with Crippen LogP contribution >= 0.6 is 0 Å². The zero-order valence-corrected chi connectivity index (χ0v) is 24.6. The van der Waals surface area contributed by atoms with Gasteiger partial charge in [0.2, 0.25) is 0 Å². The number of benzene rings is 3. The molecule has 0 radical (unpaired) electrons. The van der Waals surface area contributed by atoms with Crippen LogP contribution in [0.1, 0.15) is 48.3 Å². The summed E-state index contributed by atoms with van der Waals surface area (Å²) in [4.78, 5) is 28.0. The summed E-state index contributed by atoms with van der Waals surface area (Å²) < 4.78 is 26.3. The van der Waals surface area contributed by atoms with Crippen LogP contribution in [0, 0.1) is 22.6 Å². The second kappa shape index (κ2) is 10.9. The Balaban J connectivity index is 1.02. The topological polar surface area (TPSA) is 111 Å². The SMILES string of the molecule is N#Cc1ccc(-c2cc(F)ccc2Oc2cncnc2N2CCC3(CCN(Cc4ccc5oc(=O)[nH]c5c4)C3)C2)c(C2CC2)c1. The van der Waals surface area contributed by atoms with Crippen LogP contribution in [0.15, 0.2) is 76.3 Å². The molecule has 4 heterocycles. The minimum atomic E-state index is -0.436. The number of fused-ring (bicyclic) bond motifs is 1. The highest BCUT2D eigenvalue weighted by atomic mass is 19.1. The largest absolute Gasteiger partial charge is 0.451 e. The van der Waals surface area contributed by atoms with Crippen LogP contribution in [0.5, 0.6) is 11.5 Å². The molecule has 1 aliphatic carbocycles. The van der Waals surface area contributed by atoms with Crippen LogP contribution in [-0.4, -0.2) is 46.0 Å². The van der Waals surface area contributed by atoms with E-state index in [4.69, 9.17) is 9.15 Å². The number of hydrogen-bond donors (Lipinski definition) is 1. The van der Waals surface area contributed by atoms with Gasteiger partial charge in [-0.15, -0.1) is 0 Å². The van der Waals surface area contributed by atoms with Crippen LogP contribution in [0.25, 0.3) is 22.2 Å². The van der Waals surface area contributed by atoms with Crippen molar-refractivity contribution in [1.82, 2.24) is 19.9 Å². The predicted octanol–water partition coefficient (Wildman–Crippen LogP) is 6.36. The maximum absolute atomic E-state index is 14.6. The number of halogens is 1. The van der Waals surface area contributed by atoms with Crippen molar-refractivity contribution in [3.8, 4) is 28.7 Å². The monoisotopic (exact) mass is 602 g/mol. The maximum Gasteiger partial charge on any atom is 0.417 e. The summed E-state index contributed by atoms with van der Waals surface area (Å²) in [5.74, 6) is 1.36. The van der Waals surface area contributed by atoms with Crippen molar-refractivity contribution >= 4 is 16.9 Å². The number of nitrogens with one attached hydrogen (secondary N) is 1. The number of nitriles is 1. The molecule has 0 bridgehead atoms. The Hall–Kier alpha value is -5.01. The summed E-state index contributed by atoms with van der Waals surface area (Å²) in [5.41, 5.74) is 5.76. The molecule has 3 aliphatic rings. The second-order valence-electron chi connectivity index (χ2n) is 12.6. The minimum Gasteiger partial charge on any atom is -0.451 e. The van der Waals surface area contributed by atoms with E-state index < -0.39 is 5.76 Å². The highest BCUT2D eigenvalue weighted by Gasteiger charge is 2.44. The molecule has 1 saturated carbocycles. The zero-order valence-electron chi connectivity index (χ0n) is 24.6. The number of ether oxygens (including phenoxy) is 1. The van der Waals surface area contributed by atoms with Gasteiger partial charge in [0.25, 0.3) is 0 Å². The number of aromatic nitrogens is 3. The standard InChI is InChI=1S/C35H31FN6O3/c36-25-5-8-30(28(15-25)26-6-1-22(16-37)13-27(26)24-3-4-24)44-32-17-38-21-39-33(32)42-12-10-35(20-42)9-11-41(19-35)18-23-2-7-31-29(14-23)40-34(43)45-31/h1-2,5-8,13-15,17,21,24H,3-4,9-12,18-20H2,(H,40,43). The highest BCUT2D eigenvalue weighted by molar-refractivity contribution is 5.76. The van der Waals surface area contributed by atoms with Gasteiger partial charge in [-0.1, -0.05) is 12.1 Å². The molecule has 2 saturated heterocycles. The lowest BCUT2D eigenvalue weighted by Gasteiger charge is -2.26. The third-order valence-corrected chi connectivity index (χ3v) is 9.45. The molecule has 9 nitrogen and oxygen atoms in total. The Bertz CT molecular complexity index is 2030. The Morgan fingerprint density at radius 2 is 1.93 bits per heavy atom. The number of H-pyrrole nitrogens is 1. The van der Waals surface area contributed by atoms with Crippen molar-refractivity contribution in [3.05, 3.63) is 100 Å². The first-order valence-electron chi connectivity index (χ1n) is 15.4. The first kappa shape index (κ1) is 27.5. The van der Waals surface area contributed by atoms with E-state index >= 15 is 0 Å². The van der Waals surface area contributed by atoms with Gasteiger partial charge in [0.05, 0.1) is 23.3 Å². The molecule has 1 unspecified atom stereocenters. The van der Waals surface area contributed by atoms with E-state index in [-0.39, 0.29) is 11.2 Å². The van der Waals surface area contributed by atoms with Crippen LogP contribution in [0.3, 0.4) is 0 Å². The minimum absolute atomic E-state index is 0.138. The normalized spacial score (nSPS) is 19.9. The first-order chi connectivity index (χ1) is 21.9. The van der Waals surface area contributed by atoms with Gasteiger partial charge in [-0.25, -0.2) is 19.2 Å². The fraction of sp³-hybridized carbons (Fsp3) is 0.314. The molecule has 3 aromatic carbocycles. The molecule has 45 heavy (non-hydrogen) atoms. The van der Waals surface area contributed by atoms with Crippen LogP contribution < -0.4 is 15.4 Å². The molecule has 2 aromatic heterocycles. The number of hydrogen-bond acceptors (Lipinski definition) is 8. The summed E-state index contributed by atoms with van der Waals surface area (Å²) in [7, 11) is 0. The Labute approximate surface area is 258 Å². The molecule has 5 aromatic rings. The van der Waals surface area contributed by atoms with Crippen molar-refractivity contribution < 1.29 is 13.5 Å². The summed E-state index contributed by atoms with van der Waals surface area (Å²) in [6.45, 7) is 4.46. The van der Waals surface area contributed by atoms with Crippen molar-refractivity contribution in [2.45, 2.75) is 38.1 Å². The second-order valence-corrected chi connectivity index (χ2v) is 12.6. The fourth-order valence-electron chi connectivity index (χ4n) is 7.12. The molecule has 10 heteroatoms. The van der Waals surface area contributed by atoms with Gasteiger partial charge >= 0.3 is 5.76 Å². The molecule has 2 aliphatic heterocycles. The number of nitrogens with zero attached hydrogens (tertiary/aromatic N) is 5. The molecule has 3 fully saturated rings. The molecule has 0 amide bonds. The molecule has 1 atom stereocenters. The van der Waals surface area contributed by atoms with Gasteiger partial charge in [-0.05, 0) is 97.3 Å². The molecular formula is C35H31FN6O3. The third-order valence-electron chi connectivity index (χ3n) is 9.45. The third kappa shape index (κ3) is 5.34. The number of likely N-dealkylation sites (tertiary alicyclic amines) is 1. The van der Waals surface area contributed by atoms with E-state index in [1.807, 2.05) is 30.3 Å². The molecular weight excluding hydrogens is 571 g/mol. The van der Waals surface area contributed by atoms with E-state index in [0.29, 0.717) is 34.1 Å². The van der Waals surface area contributed by atoms with Gasteiger partial charge in [0.15, 0.2) is 17.2 Å². The van der Waals surface area contributed by atoms with E-state index in [0.717, 1.165) is 86.4 Å². The lowest BCUT2D eigenvalue weighted by Crippen LogP contribution is -2.31. The number of oxazole rings is 1. The quantitative estimate of drug-likeness (QED) is 0.229. The maximum atomic E-state index is 14.6. The van der Waals surface area contributed by atoms with Gasteiger partial charge in [0.1, 0.15) is 17.9 Å². The zero-order chi connectivity index (χ0) is 30.5. The Kier molecular flexibility index (Phi) is 6.64. The fourth-order valence-corrected chi connectivity index (χ4v) is 7.12. The molecule has 226 valence electrons. The van der Waals surface area contributed by atoms with Gasteiger partial charge in [0, 0.05) is 37.2 Å². The van der Waals surface area contributed by atoms with Crippen LogP contribution in [-0.2, 0) is 6.54 Å². The number of anilines is 1. The van der Waals surface area contributed by atoms with E-state index in [9.17, 15) is 14.4 Å². The number of rotatable bonds is 7. The Morgan fingerprint density at radius 3 is 2.80 bits per heavy atom. The smallest absolute Gasteiger partial charge is 0.417 e. The summed E-state index contributed by atoms with van der Waals surface area (Å²) in [6.07, 6.45) is 7.46. The predicted molar refractivity (Wildman–Crippen MR) is 167 cm³/mol. The van der Waals surface area contributed by atoms with E-state index in [1.165, 1.54) is 12.1 Å². The Morgan fingerprint density at radius 1 is 1.04 bits per heavy atom. The molecule has 1 N–H and O–H groups in total. The summed E-state index contributed by atoms with van der Waals surface area (Å²) in [6, 6.07) is 18.3.